The Labute approximate surface area is 129 Å². The van der Waals surface area contributed by atoms with Gasteiger partial charge in [0.05, 0.1) is 17.4 Å². The lowest BCUT2D eigenvalue weighted by Crippen LogP contribution is -2.18. The molecule has 0 aliphatic carbocycles. The molecular weight excluding hydrogens is 286 g/mol. The number of hydrogen-bond acceptors (Lipinski definition) is 3. The maximum Gasteiger partial charge on any atom is 0.251 e. The fourth-order valence-corrected chi connectivity index (χ4v) is 2.40. The van der Waals surface area contributed by atoms with Crippen molar-refractivity contribution in [1.82, 2.24) is 5.32 Å². The Hall–Kier alpha value is -2.20. The highest BCUT2D eigenvalue weighted by Crippen LogP contribution is 2.28. The zero-order valence-electron chi connectivity index (χ0n) is 12.0. The minimum atomic E-state index is -0.150. The number of carbonyl (C=O) groups is 1. The fraction of sp³-hybridized carbons (Fsp3) is 0.188. The second-order valence-electron chi connectivity index (χ2n) is 4.77. The summed E-state index contributed by atoms with van der Waals surface area (Å²) in [6.07, 6.45) is 0. The lowest BCUT2D eigenvalue weighted by atomic mass is 10.1. The highest BCUT2D eigenvalue weighted by Gasteiger charge is 2.12. The molecule has 1 unspecified atom stereocenters. The maximum absolute atomic E-state index is 11.7. The van der Waals surface area contributed by atoms with Crippen LogP contribution in [0.3, 0.4) is 0 Å². The SMILES string of the molecule is CNC(=O)c1ccc(N)c(NC(C)c2ccccc2Cl)c1. The van der Waals surface area contributed by atoms with E-state index in [4.69, 9.17) is 17.3 Å². The minimum Gasteiger partial charge on any atom is -0.397 e. The van der Waals surface area contributed by atoms with Crippen molar-refractivity contribution in [3.05, 3.63) is 58.6 Å². The van der Waals surface area contributed by atoms with Crippen LogP contribution in [0, 0.1) is 0 Å². The molecular formula is C16H18ClN3O. The Balaban J connectivity index is 2.27. The summed E-state index contributed by atoms with van der Waals surface area (Å²) in [4.78, 5) is 11.7. The van der Waals surface area contributed by atoms with Gasteiger partial charge in [0.2, 0.25) is 0 Å². The first kappa shape index (κ1) is 15.2. The molecule has 0 saturated carbocycles. The first-order valence-electron chi connectivity index (χ1n) is 6.65. The number of rotatable bonds is 4. The maximum atomic E-state index is 11.7. The zero-order chi connectivity index (χ0) is 15.4. The van der Waals surface area contributed by atoms with E-state index in [0.717, 1.165) is 5.56 Å². The Morgan fingerprint density at radius 1 is 1.24 bits per heavy atom. The standard InChI is InChI=1S/C16H18ClN3O/c1-10(12-5-3-4-6-13(12)17)20-15-9-11(16(21)19-2)7-8-14(15)18/h3-10,20H,18H2,1-2H3,(H,19,21). The Kier molecular flexibility index (Phi) is 4.70. The number of hydrogen-bond donors (Lipinski definition) is 3. The van der Waals surface area contributed by atoms with Gasteiger partial charge in [0, 0.05) is 17.6 Å². The molecule has 4 N–H and O–H groups in total. The highest BCUT2D eigenvalue weighted by molar-refractivity contribution is 6.31. The summed E-state index contributed by atoms with van der Waals surface area (Å²) in [5.74, 6) is -0.150. The molecule has 5 heteroatoms. The molecule has 21 heavy (non-hydrogen) atoms. The van der Waals surface area contributed by atoms with Crippen LogP contribution in [0.2, 0.25) is 5.02 Å². The van der Waals surface area contributed by atoms with E-state index in [-0.39, 0.29) is 11.9 Å². The quantitative estimate of drug-likeness (QED) is 0.758. The molecule has 0 aliphatic heterocycles. The van der Waals surface area contributed by atoms with Crippen LogP contribution >= 0.6 is 11.6 Å². The molecule has 2 aromatic carbocycles. The molecule has 0 fully saturated rings. The van der Waals surface area contributed by atoms with E-state index in [1.54, 1.807) is 25.2 Å². The van der Waals surface area contributed by atoms with Gasteiger partial charge in [-0.2, -0.15) is 0 Å². The predicted molar refractivity (Wildman–Crippen MR) is 87.7 cm³/mol. The molecule has 1 amide bonds. The fourth-order valence-electron chi connectivity index (χ4n) is 2.10. The number of nitrogen functional groups attached to an aromatic ring is 1. The number of amides is 1. The van der Waals surface area contributed by atoms with Gasteiger partial charge in [-0.25, -0.2) is 0 Å². The van der Waals surface area contributed by atoms with E-state index in [1.807, 2.05) is 31.2 Å². The van der Waals surface area contributed by atoms with Crippen molar-refractivity contribution >= 4 is 28.9 Å². The van der Waals surface area contributed by atoms with Crippen LogP contribution in [0.15, 0.2) is 42.5 Å². The molecule has 1 atom stereocenters. The first-order valence-corrected chi connectivity index (χ1v) is 7.03. The van der Waals surface area contributed by atoms with E-state index in [1.165, 1.54) is 0 Å². The molecule has 0 aliphatic rings. The summed E-state index contributed by atoms with van der Waals surface area (Å²) in [5, 5.41) is 6.58. The summed E-state index contributed by atoms with van der Waals surface area (Å²) in [6, 6.07) is 12.7. The molecule has 0 aromatic heterocycles. The highest BCUT2D eigenvalue weighted by atomic mass is 35.5. The van der Waals surface area contributed by atoms with Crippen molar-refractivity contribution in [2.45, 2.75) is 13.0 Å². The van der Waals surface area contributed by atoms with Crippen LogP contribution in [0.1, 0.15) is 28.9 Å². The van der Waals surface area contributed by atoms with Crippen molar-refractivity contribution in [3.63, 3.8) is 0 Å². The normalized spacial score (nSPS) is 11.8. The number of nitrogens with two attached hydrogens (primary N) is 1. The van der Waals surface area contributed by atoms with Crippen LogP contribution in [0.4, 0.5) is 11.4 Å². The van der Waals surface area contributed by atoms with Gasteiger partial charge in [-0.1, -0.05) is 29.8 Å². The zero-order valence-corrected chi connectivity index (χ0v) is 12.7. The van der Waals surface area contributed by atoms with Crippen LogP contribution in [0.5, 0.6) is 0 Å². The van der Waals surface area contributed by atoms with Gasteiger partial charge in [0.25, 0.3) is 5.91 Å². The smallest absolute Gasteiger partial charge is 0.251 e. The third kappa shape index (κ3) is 3.47. The monoisotopic (exact) mass is 303 g/mol. The second-order valence-corrected chi connectivity index (χ2v) is 5.18. The van der Waals surface area contributed by atoms with Crippen LogP contribution in [0.25, 0.3) is 0 Å². The van der Waals surface area contributed by atoms with Crippen molar-refractivity contribution < 1.29 is 4.79 Å². The van der Waals surface area contributed by atoms with Gasteiger partial charge >= 0.3 is 0 Å². The number of carbonyl (C=O) groups excluding carboxylic acids is 1. The van der Waals surface area contributed by atoms with Crippen LogP contribution in [-0.4, -0.2) is 13.0 Å². The van der Waals surface area contributed by atoms with Gasteiger partial charge < -0.3 is 16.4 Å². The van der Waals surface area contributed by atoms with Gasteiger partial charge in [0.1, 0.15) is 0 Å². The molecule has 0 bridgehead atoms. The van der Waals surface area contributed by atoms with Crippen LogP contribution < -0.4 is 16.4 Å². The summed E-state index contributed by atoms with van der Waals surface area (Å²) < 4.78 is 0. The van der Waals surface area contributed by atoms with E-state index < -0.39 is 0 Å². The molecule has 0 saturated heterocycles. The van der Waals surface area contributed by atoms with Gasteiger partial charge in [-0.15, -0.1) is 0 Å². The molecule has 2 aromatic rings. The number of anilines is 2. The topological polar surface area (TPSA) is 67.2 Å². The first-order chi connectivity index (χ1) is 10.0. The molecule has 0 heterocycles. The Morgan fingerprint density at radius 2 is 1.95 bits per heavy atom. The van der Waals surface area contributed by atoms with E-state index >= 15 is 0 Å². The predicted octanol–water partition coefficient (Wildman–Crippen LogP) is 3.45. The van der Waals surface area contributed by atoms with Gasteiger partial charge in [-0.3, -0.25) is 4.79 Å². The van der Waals surface area contributed by atoms with E-state index in [9.17, 15) is 4.79 Å². The summed E-state index contributed by atoms with van der Waals surface area (Å²) >= 11 is 6.19. The summed E-state index contributed by atoms with van der Waals surface area (Å²) in [7, 11) is 1.60. The minimum absolute atomic E-state index is 0.0269. The number of halogens is 1. The summed E-state index contributed by atoms with van der Waals surface area (Å²) in [6.45, 7) is 1.99. The Morgan fingerprint density at radius 3 is 2.62 bits per heavy atom. The summed E-state index contributed by atoms with van der Waals surface area (Å²) in [5.41, 5.74) is 8.80. The molecule has 110 valence electrons. The van der Waals surface area contributed by atoms with E-state index in [2.05, 4.69) is 10.6 Å². The average Bonchev–Trinajstić information content (AvgIpc) is 2.49. The van der Waals surface area contributed by atoms with Crippen molar-refractivity contribution in [3.8, 4) is 0 Å². The number of nitrogens with one attached hydrogen (secondary N) is 2. The second kappa shape index (κ2) is 6.50. The Bertz CT molecular complexity index is 658. The molecule has 0 spiro atoms. The third-order valence-corrected chi connectivity index (χ3v) is 3.63. The largest absolute Gasteiger partial charge is 0.397 e. The average molecular weight is 304 g/mol. The lowest BCUT2D eigenvalue weighted by molar-refractivity contribution is 0.0963. The molecule has 2 rings (SSSR count). The third-order valence-electron chi connectivity index (χ3n) is 3.29. The van der Waals surface area contributed by atoms with Gasteiger partial charge in [-0.05, 0) is 36.8 Å². The van der Waals surface area contributed by atoms with E-state index in [0.29, 0.717) is 22.0 Å². The number of benzene rings is 2. The van der Waals surface area contributed by atoms with Crippen molar-refractivity contribution in [1.29, 1.82) is 0 Å². The van der Waals surface area contributed by atoms with Crippen molar-refractivity contribution in [2.75, 3.05) is 18.1 Å². The van der Waals surface area contributed by atoms with Gasteiger partial charge in [0.15, 0.2) is 0 Å². The lowest BCUT2D eigenvalue weighted by Gasteiger charge is -2.19. The van der Waals surface area contributed by atoms with Crippen molar-refractivity contribution in [2.24, 2.45) is 0 Å². The molecule has 4 nitrogen and oxygen atoms in total. The van der Waals surface area contributed by atoms with Crippen LogP contribution in [-0.2, 0) is 0 Å². The molecule has 0 radical (unpaired) electrons.